The fraction of sp³-hybridized carbons (Fsp3) is 0.412. The minimum Gasteiger partial charge on any atom is -0.477 e. The third-order valence-electron chi connectivity index (χ3n) is 5.08. The molecule has 2 atom stereocenters. The van der Waals surface area contributed by atoms with Crippen molar-refractivity contribution in [3.63, 3.8) is 0 Å². The van der Waals surface area contributed by atoms with Crippen molar-refractivity contribution in [3.05, 3.63) is 33.9 Å². The molecule has 2 N–H and O–H groups in total. The first-order chi connectivity index (χ1) is 12.8. The molecule has 2 aliphatic rings. The Morgan fingerprint density at radius 3 is 2.78 bits per heavy atom. The average molecular weight is 380 g/mol. The molecule has 1 aromatic heterocycles. The number of aromatic nitrogens is 1. The fourth-order valence-corrected chi connectivity index (χ4v) is 3.69. The van der Waals surface area contributed by atoms with Crippen LogP contribution in [0, 0.1) is 5.82 Å². The molecule has 27 heavy (non-hydrogen) atoms. The standard InChI is InChI=1S/C17H18F2N4O4/c1-20-12-6-22(5-11(12)19)14-10(18)3-8-13-16(14)27-7-21(2)23(13)4-9(15(8)24)17(25)26/h3-4,11-12,20H,5-7H2,1-2H3,(H,25,26). The Morgan fingerprint density at radius 1 is 1.41 bits per heavy atom. The molecule has 8 nitrogen and oxygen atoms in total. The predicted octanol–water partition coefficient (Wildman–Crippen LogP) is 0.503. The van der Waals surface area contributed by atoms with Crippen molar-refractivity contribution >= 4 is 22.6 Å². The van der Waals surface area contributed by atoms with Crippen molar-refractivity contribution in [2.75, 3.05) is 43.8 Å². The molecule has 0 aliphatic carbocycles. The summed E-state index contributed by atoms with van der Waals surface area (Å²) in [5.41, 5.74) is -0.919. The quantitative estimate of drug-likeness (QED) is 0.802. The Morgan fingerprint density at radius 2 is 2.15 bits per heavy atom. The molecule has 2 unspecified atom stereocenters. The van der Waals surface area contributed by atoms with Gasteiger partial charge in [0.1, 0.15) is 22.9 Å². The summed E-state index contributed by atoms with van der Waals surface area (Å²) in [7, 11) is 3.28. The second-order valence-electron chi connectivity index (χ2n) is 6.70. The molecule has 1 fully saturated rings. The number of aromatic carboxylic acids is 1. The van der Waals surface area contributed by atoms with Gasteiger partial charge in [0.2, 0.25) is 5.43 Å². The van der Waals surface area contributed by atoms with Crippen LogP contribution in [0.5, 0.6) is 5.75 Å². The summed E-state index contributed by atoms with van der Waals surface area (Å²) in [5.74, 6) is -2.04. The monoisotopic (exact) mass is 380 g/mol. The van der Waals surface area contributed by atoms with Crippen LogP contribution in [-0.2, 0) is 0 Å². The van der Waals surface area contributed by atoms with E-state index in [2.05, 4.69) is 5.32 Å². The lowest BCUT2D eigenvalue weighted by Crippen LogP contribution is -2.40. The van der Waals surface area contributed by atoms with Gasteiger partial charge in [-0.25, -0.2) is 13.6 Å². The van der Waals surface area contributed by atoms with E-state index in [0.29, 0.717) is 0 Å². The molecular formula is C17H18F2N4O4. The maximum Gasteiger partial charge on any atom is 0.341 e. The zero-order chi connectivity index (χ0) is 19.5. The number of carboxylic acid groups (broad SMARTS) is 1. The number of ether oxygens (including phenoxy) is 1. The number of halogens is 2. The molecule has 144 valence electrons. The molecule has 0 radical (unpaired) electrons. The number of hydrogen-bond donors (Lipinski definition) is 2. The van der Waals surface area contributed by atoms with E-state index in [-0.39, 0.29) is 42.2 Å². The number of anilines is 1. The van der Waals surface area contributed by atoms with E-state index in [1.54, 1.807) is 24.0 Å². The van der Waals surface area contributed by atoms with Crippen LogP contribution in [0.4, 0.5) is 14.5 Å². The largest absolute Gasteiger partial charge is 0.477 e. The summed E-state index contributed by atoms with van der Waals surface area (Å²) in [4.78, 5) is 25.5. The molecule has 2 aliphatic heterocycles. The molecule has 0 amide bonds. The first kappa shape index (κ1) is 17.5. The number of pyridine rings is 1. The molecule has 2 aromatic rings. The van der Waals surface area contributed by atoms with Crippen molar-refractivity contribution in [1.82, 2.24) is 9.99 Å². The average Bonchev–Trinajstić information content (AvgIpc) is 2.99. The molecule has 0 saturated carbocycles. The van der Waals surface area contributed by atoms with Crippen LogP contribution in [0.3, 0.4) is 0 Å². The Hall–Kier alpha value is -2.88. The van der Waals surface area contributed by atoms with Gasteiger partial charge in [0.15, 0.2) is 18.3 Å². The summed E-state index contributed by atoms with van der Waals surface area (Å²) < 4.78 is 36.3. The van der Waals surface area contributed by atoms with Crippen LogP contribution in [0.1, 0.15) is 10.4 Å². The fourth-order valence-electron chi connectivity index (χ4n) is 3.69. The van der Waals surface area contributed by atoms with Gasteiger partial charge in [-0.2, -0.15) is 0 Å². The van der Waals surface area contributed by atoms with E-state index < -0.39 is 35.0 Å². The summed E-state index contributed by atoms with van der Waals surface area (Å²) >= 11 is 0. The number of nitrogens with one attached hydrogen (secondary N) is 1. The first-order valence-electron chi connectivity index (χ1n) is 8.39. The van der Waals surface area contributed by atoms with E-state index in [0.717, 1.165) is 6.07 Å². The van der Waals surface area contributed by atoms with Crippen molar-refractivity contribution < 1.29 is 23.4 Å². The smallest absolute Gasteiger partial charge is 0.341 e. The first-order valence-corrected chi connectivity index (χ1v) is 8.39. The number of benzene rings is 1. The van der Waals surface area contributed by atoms with Gasteiger partial charge in [-0.05, 0) is 13.1 Å². The molecule has 0 bridgehead atoms. The predicted molar refractivity (Wildman–Crippen MR) is 94.7 cm³/mol. The van der Waals surface area contributed by atoms with Crippen LogP contribution in [0.15, 0.2) is 17.1 Å². The van der Waals surface area contributed by atoms with Gasteiger partial charge in [-0.15, -0.1) is 0 Å². The highest BCUT2D eigenvalue weighted by Crippen LogP contribution is 2.41. The molecule has 3 heterocycles. The normalized spacial score (nSPS) is 21.6. The Bertz CT molecular complexity index is 1010. The third-order valence-corrected chi connectivity index (χ3v) is 5.08. The second kappa shape index (κ2) is 6.08. The van der Waals surface area contributed by atoms with E-state index in [9.17, 15) is 23.5 Å². The highest BCUT2D eigenvalue weighted by molar-refractivity contribution is 5.97. The van der Waals surface area contributed by atoms with Gasteiger partial charge in [0, 0.05) is 19.8 Å². The van der Waals surface area contributed by atoms with Crippen LogP contribution in [0.25, 0.3) is 10.9 Å². The maximum absolute atomic E-state index is 15.0. The zero-order valence-corrected chi connectivity index (χ0v) is 14.7. The van der Waals surface area contributed by atoms with Crippen molar-refractivity contribution in [3.8, 4) is 5.75 Å². The van der Waals surface area contributed by atoms with Crippen LogP contribution in [0.2, 0.25) is 0 Å². The van der Waals surface area contributed by atoms with E-state index in [1.165, 1.54) is 10.9 Å². The van der Waals surface area contributed by atoms with Crippen LogP contribution >= 0.6 is 0 Å². The lowest BCUT2D eigenvalue weighted by molar-refractivity contribution is 0.0694. The van der Waals surface area contributed by atoms with Gasteiger partial charge < -0.3 is 20.1 Å². The molecule has 0 spiro atoms. The third kappa shape index (κ3) is 2.51. The molecule has 4 rings (SSSR count). The van der Waals surface area contributed by atoms with Gasteiger partial charge in [-0.3, -0.25) is 14.5 Å². The van der Waals surface area contributed by atoms with Crippen molar-refractivity contribution in [2.45, 2.75) is 12.2 Å². The SMILES string of the molecule is CNC1CN(c2c(F)cc3c(=O)c(C(=O)O)cn4c3c2OCN4C)CC1F. The Balaban J connectivity index is 2.00. The van der Waals surface area contributed by atoms with Crippen LogP contribution < -0.4 is 25.4 Å². The van der Waals surface area contributed by atoms with Crippen molar-refractivity contribution in [1.29, 1.82) is 0 Å². The van der Waals surface area contributed by atoms with Crippen molar-refractivity contribution in [2.24, 2.45) is 0 Å². The number of hydrogen-bond acceptors (Lipinski definition) is 6. The second-order valence-corrected chi connectivity index (χ2v) is 6.70. The summed E-state index contributed by atoms with van der Waals surface area (Å²) in [6.07, 6.45) is 0.0131. The Labute approximate surface area is 152 Å². The Kier molecular flexibility index (Phi) is 3.95. The number of nitrogens with zero attached hydrogens (tertiary/aromatic N) is 3. The van der Waals surface area contributed by atoms with Crippen LogP contribution in [-0.4, -0.2) is 61.9 Å². The molecule has 10 heteroatoms. The number of rotatable bonds is 3. The van der Waals surface area contributed by atoms with E-state index in [1.807, 2.05) is 0 Å². The highest BCUT2D eigenvalue weighted by atomic mass is 19.1. The molecular weight excluding hydrogens is 362 g/mol. The minimum absolute atomic E-state index is 0.0163. The number of alkyl halides is 1. The molecule has 1 saturated heterocycles. The topological polar surface area (TPSA) is 87.0 Å². The number of carbonyl (C=O) groups is 1. The lowest BCUT2D eigenvalue weighted by atomic mass is 10.1. The van der Waals surface area contributed by atoms with E-state index >= 15 is 0 Å². The maximum atomic E-state index is 15.0. The lowest BCUT2D eigenvalue weighted by Gasteiger charge is -2.33. The number of carboxylic acids is 1. The van der Waals surface area contributed by atoms with Gasteiger partial charge in [-0.1, -0.05) is 0 Å². The zero-order valence-electron chi connectivity index (χ0n) is 14.7. The highest BCUT2D eigenvalue weighted by Gasteiger charge is 2.37. The van der Waals surface area contributed by atoms with Gasteiger partial charge >= 0.3 is 5.97 Å². The minimum atomic E-state index is -1.40. The van der Waals surface area contributed by atoms with E-state index in [4.69, 9.17) is 4.74 Å². The number of likely N-dealkylation sites (N-methyl/N-ethyl adjacent to an activating group) is 1. The molecule has 1 aromatic carbocycles. The van der Waals surface area contributed by atoms with Gasteiger partial charge in [0.25, 0.3) is 0 Å². The summed E-state index contributed by atoms with van der Waals surface area (Å²) in [6.45, 7) is 0.240. The van der Waals surface area contributed by atoms with Gasteiger partial charge in [0.05, 0.1) is 18.0 Å². The summed E-state index contributed by atoms with van der Waals surface area (Å²) in [6, 6.07) is 0.553. The summed E-state index contributed by atoms with van der Waals surface area (Å²) in [5, 5.41) is 13.6.